The molecular formula is C9H16NO. The lowest BCUT2D eigenvalue weighted by Crippen LogP contribution is -2.43. The molecular weight excluding hydrogens is 138 g/mol. The summed E-state index contributed by atoms with van der Waals surface area (Å²) < 4.78 is 0. The minimum absolute atomic E-state index is 0.261. The van der Waals surface area contributed by atoms with E-state index in [1.54, 1.807) is 0 Å². The first-order valence-corrected chi connectivity index (χ1v) is 4.72. The monoisotopic (exact) mass is 154 g/mol. The third-order valence-electron chi connectivity index (χ3n) is 3.22. The van der Waals surface area contributed by atoms with Gasteiger partial charge in [-0.25, -0.2) is 5.11 Å². The molecule has 1 heterocycles. The van der Waals surface area contributed by atoms with Gasteiger partial charge in [0.2, 0.25) is 0 Å². The molecule has 2 heteroatoms. The van der Waals surface area contributed by atoms with Crippen LogP contribution in [0.5, 0.6) is 0 Å². The molecule has 1 aliphatic carbocycles. The molecule has 1 saturated heterocycles. The molecule has 2 nitrogen and oxygen atoms in total. The smallest absolute Gasteiger partial charge is 0.0931 e. The van der Waals surface area contributed by atoms with Crippen molar-refractivity contribution >= 4 is 0 Å². The highest BCUT2D eigenvalue weighted by molar-refractivity contribution is 4.96. The lowest BCUT2D eigenvalue weighted by molar-refractivity contribution is 0.0319. The summed E-state index contributed by atoms with van der Waals surface area (Å²) >= 11 is 0. The first-order chi connectivity index (χ1) is 5.31. The van der Waals surface area contributed by atoms with Crippen LogP contribution in [0.25, 0.3) is 0 Å². The number of rotatable bonds is 0. The van der Waals surface area contributed by atoms with Crippen molar-refractivity contribution in [1.82, 2.24) is 5.32 Å². The van der Waals surface area contributed by atoms with E-state index >= 15 is 0 Å². The Morgan fingerprint density at radius 3 is 2.45 bits per heavy atom. The molecule has 0 amide bonds. The van der Waals surface area contributed by atoms with E-state index in [-0.39, 0.29) is 6.10 Å². The summed E-state index contributed by atoms with van der Waals surface area (Å²) in [5, 5.41) is 14.6. The topological polar surface area (TPSA) is 31.9 Å². The zero-order valence-corrected chi connectivity index (χ0v) is 6.94. The van der Waals surface area contributed by atoms with Crippen LogP contribution in [0.15, 0.2) is 0 Å². The van der Waals surface area contributed by atoms with E-state index in [0.717, 1.165) is 25.7 Å². The van der Waals surface area contributed by atoms with Gasteiger partial charge in [-0.1, -0.05) is 0 Å². The van der Waals surface area contributed by atoms with Crippen molar-refractivity contribution in [1.29, 1.82) is 0 Å². The Kier molecular flexibility index (Phi) is 1.90. The van der Waals surface area contributed by atoms with Crippen molar-refractivity contribution in [3.05, 3.63) is 0 Å². The van der Waals surface area contributed by atoms with Gasteiger partial charge in [-0.05, 0) is 45.1 Å². The summed E-state index contributed by atoms with van der Waals surface area (Å²) in [6, 6.07) is 0. The first-order valence-electron chi connectivity index (χ1n) is 4.72. The van der Waals surface area contributed by atoms with Crippen LogP contribution in [0.4, 0.5) is 0 Å². The fraction of sp³-hybridized carbons (Fsp3) is 1.00. The van der Waals surface area contributed by atoms with Gasteiger partial charge in [-0.3, -0.25) is 0 Å². The second-order valence-corrected chi connectivity index (χ2v) is 4.01. The van der Waals surface area contributed by atoms with Gasteiger partial charge in [-0.2, -0.15) is 0 Å². The summed E-state index contributed by atoms with van der Waals surface area (Å²) in [4.78, 5) is 0. The van der Waals surface area contributed by atoms with E-state index in [9.17, 15) is 5.11 Å². The van der Waals surface area contributed by atoms with Gasteiger partial charge in [0.15, 0.2) is 0 Å². The molecule has 2 fully saturated rings. The molecule has 0 aromatic heterocycles. The number of nitrogens with one attached hydrogen (secondary N) is 1. The van der Waals surface area contributed by atoms with Crippen molar-refractivity contribution in [3.63, 3.8) is 0 Å². The minimum atomic E-state index is -0.261. The van der Waals surface area contributed by atoms with E-state index < -0.39 is 0 Å². The maximum absolute atomic E-state index is 11.1. The summed E-state index contributed by atoms with van der Waals surface area (Å²) in [6.45, 7) is 1.17. The Hall–Kier alpha value is -0.0800. The Labute approximate surface area is 68.0 Å². The van der Waals surface area contributed by atoms with Crippen molar-refractivity contribution < 1.29 is 5.11 Å². The first kappa shape index (κ1) is 7.56. The van der Waals surface area contributed by atoms with Gasteiger partial charge in [0, 0.05) is 5.54 Å². The highest BCUT2D eigenvalue weighted by Gasteiger charge is 2.36. The zero-order chi connectivity index (χ0) is 7.73. The lowest BCUT2D eigenvalue weighted by atomic mass is 9.79. The maximum atomic E-state index is 11.1. The molecule has 0 unspecified atom stereocenters. The van der Waals surface area contributed by atoms with Crippen LogP contribution in [-0.4, -0.2) is 18.2 Å². The Balaban J connectivity index is 1.94. The van der Waals surface area contributed by atoms with Crippen LogP contribution in [-0.2, 0) is 5.11 Å². The number of hydrogen-bond acceptors (Lipinski definition) is 1. The minimum Gasteiger partial charge on any atom is -0.311 e. The Bertz CT molecular complexity index is 130. The Morgan fingerprint density at radius 1 is 1.18 bits per heavy atom. The van der Waals surface area contributed by atoms with Crippen LogP contribution in [0.3, 0.4) is 0 Å². The van der Waals surface area contributed by atoms with Crippen molar-refractivity contribution in [2.45, 2.75) is 50.2 Å². The molecule has 0 aromatic carbocycles. The van der Waals surface area contributed by atoms with E-state index in [1.807, 2.05) is 0 Å². The molecule has 11 heavy (non-hydrogen) atoms. The SMILES string of the molecule is [O]C1CCC2(CCCN2)CC1. The quantitative estimate of drug-likeness (QED) is 0.563. The molecule has 1 radical (unpaired) electrons. The molecule has 1 saturated carbocycles. The maximum Gasteiger partial charge on any atom is 0.0931 e. The predicted molar refractivity (Wildman–Crippen MR) is 42.9 cm³/mol. The van der Waals surface area contributed by atoms with Gasteiger partial charge in [0.05, 0.1) is 6.10 Å². The lowest BCUT2D eigenvalue weighted by Gasteiger charge is -2.35. The van der Waals surface area contributed by atoms with Gasteiger partial charge < -0.3 is 5.32 Å². The third-order valence-corrected chi connectivity index (χ3v) is 3.22. The zero-order valence-electron chi connectivity index (χ0n) is 6.94. The molecule has 2 aliphatic rings. The normalized spacial score (nSPS) is 45.0. The molecule has 1 spiro atoms. The molecule has 2 rings (SSSR count). The second kappa shape index (κ2) is 2.76. The largest absolute Gasteiger partial charge is 0.311 e. The molecule has 1 N–H and O–H groups in total. The highest BCUT2D eigenvalue weighted by atomic mass is 16.3. The third kappa shape index (κ3) is 1.42. The summed E-state index contributed by atoms with van der Waals surface area (Å²) in [5.41, 5.74) is 0.404. The molecule has 1 aliphatic heterocycles. The van der Waals surface area contributed by atoms with E-state index in [2.05, 4.69) is 5.32 Å². The van der Waals surface area contributed by atoms with Gasteiger partial charge >= 0.3 is 0 Å². The van der Waals surface area contributed by atoms with Crippen LogP contribution < -0.4 is 5.32 Å². The predicted octanol–water partition coefficient (Wildman–Crippen LogP) is 1.48. The van der Waals surface area contributed by atoms with Gasteiger partial charge in [0.1, 0.15) is 0 Å². The van der Waals surface area contributed by atoms with Crippen molar-refractivity contribution in [2.75, 3.05) is 6.54 Å². The second-order valence-electron chi connectivity index (χ2n) is 4.01. The fourth-order valence-corrected chi connectivity index (χ4v) is 2.44. The Morgan fingerprint density at radius 2 is 1.91 bits per heavy atom. The summed E-state index contributed by atoms with van der Waals surface area (Å²) in [6.07, 6.45) is 6.40. The van der Waals surface area contributed by atoms with Gasteiger partial charge in [-0.15, -0.1) is 0 Å². The molecule has 0 atom stereocenters. The van der Waals surface area contributed by atoms with E-state index in [4.69, 9.17) is 0 Å². The van der Waals surface area contributed by atoms with Crippen molar-refractivity contribution in [3.8, 4) is 0 Å². The van der Waals surface area contributed by atoms with Crippen molar-refractivity contribution in [2.24, 2.45) is 0 Å². The fourth-order valence-electron chi connectivity index (χ4n) is 2.44. The van der Waals surface area contributed by atoms with Crippen LogP contribution in [0.2, 0.25) is 0 Å². The summed E-state index contributed by atoms with van der Waals surface area (Å²) in [5.74, 6) is 0. The van der Waals surface area contributed by atoms with E-state index in [0.29, 0.717) is 5.54 Å². The molecule has 63 valence electrons. The van der Waals surface area contributed by atoms with E-state index in [1.165, 1.54) is 19.4 Å². The highest BCUT2D eigenvalue weighted by Crippen LogP contribution is 2.35. The molecule has 0 bridgehead atoms. The average Bonchev–Trinajstić information content (AvgIpc) is 2.45. The standard InChI is InChI=1S/C9H16NO/c11-8-2-5-9(6-3-8)4-1-7-10-9/h8,10H,1-7H2. The summed E-state index contributed by atoms with van der Waals surface area (Å²) in [7, 11) is 0. The average molecular weight is 154 g/mol. The van der Waals surface area contributed by atoms with Crippen LogP contribution in [0.1, 0.15) is 38.5 Å². The molecule has 0 aromatic rings. The van der Waals surface area contributed by atoms with Gasteiger partial charge in [0.25, 0.3) is 0 Å². The number of hydrogen-bond donors (Lipinski definition) is 1. The van der Waals surface area contributed by atoms with Crippen LogP contribution >= 0.6 is 0 Å². The van der Waals surface area contributed by atoms with Crippen LogP contribution in [0, 0.1) is 0 Å².